The number of azo groups is 1. The van der Waals surface area contributed by atoms with Crippen LogP contribution in [0.5, 0.6) is 5.88 Å². The smallest absolute Gasteiger partial charge is 0.281 e. The number of rotatable bonds is 5. The third-order valence-corrected chi connectivity index (χ3v) is 4.25. The van der Waals surface area contributed by atoms with Crippen molar-refractivity contribution in [1.82, 2.24) is 4.57 Å². The average Bonchev–Trinajstić information content (AvgIpc) is 2.60. The molecule has 0 aliphatic carbocycles. The fraction of sp³-hybridized carbons (Fsp3) is 0.250. The highest BCUT2D eigenvalue weighted by atomic mass is 79.9. The molecule has 0 amide bonds. The van der Waals surface area contributed by atoms with E-state index in [9.17, 15) is 25.3 Å². The van der Waals surface area contributed by atoms with Crippen molar-refractivity contribution < 1.29 is 10.0 Å². The number of aromatic nitrogens is 1. The van der Waals surface area contributed by atoms with E-state index >= 15 is 0 Å². The molecule has 9 nitrogen and oxygen atoms in total. The Kier molecular flexibility index (Phi) is 5.84. The van der Waals surface area contributed by atoms with Crippen LogP contribution in [0.1, 0.15) is 24.5 Å². The Labute approximate surface area is 156 Å². The van der Waals surface area contributed by atoms with Crippen molar-refractivity contribution in [3.8, 4) is 11.9 Å². The molecule has 1 aromatic heterocycles. The molecule has 2 rings (SSSR count). The molecule has 0 aliphatic rings. The maximum atomic E-state index is 12.6. The highest BCUT2D eigenvalue weighted by molar-refractivity contribution is 9.10. The van der Waals surface area contributed by atoms with Crippen molar-refractivity contribution in [1.29, 1.82) is 5.26 Å². The van der Waals surface area contributed by atoms with E-state index in [2.05, 4.69) is 26.2 Å². The van der Waals surface area contributed by atoms with E-state index in [0.717, 1.165) is 4.57 Å². The molecular formula is C16H14BrN5O4. The molecular weight excluding hydrogens is 406 g/mol. The third kappa shape index (κ3) is 3.62. The van der Waals surface area contributed by atoms with Gasteiger partial charge in [-0.1, -0.05) is 6.92 Å². The van der Waals surface area contributed by atoms with Crippen LogP contribution in [0.25, 0.3) is 0 Å². The number of benzene rings is 1. The van der Waals surface area contributed by atoms with Gasteiger partial charge in [-0.25, -0.2) is 0 Å². The molecule has 134 valence electrons. The van der Waals surface area contributed by atoms with E-state index in [-0.39, 0.29) is 34.7 Å². The number of nitro groups is 1. The molecule has 1 N–H and O–H groups in total. The minimum Gasteiger partial charge on any atom is -0.493 e. The molecule has 0 bridgehead atoms. The quantitative estimate of drug-likeness (QED) is 0.439. The van der Waals surface area contributed by atoms with Crippen molar-refractivity contribution >= 4 is 33.0 Å². The number of aromatic hydroxyl groups is 1. The van der Waals surface area contributed by atoms with Gasteiger partial charge in [0.15, 0.2) is 5.69 Å². The molecule has 0 atom stereocenters. The second-order valence-corrected chi connectivity index (χ2v) is 6.19. The molecule has 0 spiro atoms. The maximum absolute atomic E-state index is 12.6. The van der Waals surface area contributed by atoms with Gasteiger partial charge in [0.1, 0.15) is 17.3 Å². The minimum absolute atomic E-state index is 0.0465. The van der Waals surface area contributed by atoms with Gasteiger partial charge in [0.2, 0.25) is 5.88 Å². The van der Waals surface area contributed by atoms with Gasteiger partial charge in [-0.3, -0.25) is 19.5 Å². The first kappa shape index (κ1) is 19.3. The number of hydrogen-bond donors (Lipinski definition) is 1. The van der Waals surface area contributed by atoms with Crippen LogP contribution in [0.3, 0.4) is 0 Å². The van der Waals surface area contributed by atoms with Crippen LogP contribution in [0, 0.1) is 28.4 Å². The minimum atomic E-state index is -0.567. The second kappa shape index (κ2) is 7.88. The second-order valence-electron chi connectivity index (χ2n) is 5.33. The van der Waals surface area contributed by atoms with Crippen LogP contribution in [0.2, 0.25) is 0 Å². The summed E-state index contributed by atoms with van der Waals surface area (Å²) < 4.78 is 1.41. The summed E-state index contributed by atoms with van der Waals surface area (Å²) in [7, 11) is 0. The van der Waals surface area contributed by atoms with Crippen molar-refractivity contribution in [3.05, 3.63) is 54.3 Å². The molecule has 0 unspecified atom stereocenters. The Hall–Kier alpha value is -3.06. The van der Waals surface area contributed by atoms with Gasteiger partial charge in [-0.05, 0) is 35.3 Å². The summed E-state index contributed by atoms with van der Waals surface area (Å²) >= 11 is 3.17. The molecule has 0 saturated carbocycles. The van der Waals surface area contributed by atoms with Gasteiger partial charge >= 0.3 is 0 Å². The monoisotopic (exact) mass is 419 g/mol. The summed E-state index contributed by atoms with van der Waals surface area (Å²) in [5.74, 6) is -0.396. The highest BCUT2D eigenvalue weighted by Gasteiger charge is 2.19. The predicted octanol–water partition coefficient (Wildman–Crippen LogP) is 4.23. The Morgan fingerprint density at radius 2 is 2.12 bits per heavy atom. The van der Waals surface area contributed by atoms with Crippen LogP contribution < -0.4 is 5.56 Å². The van der Waals surface area contributed by atoms with Crippen molar-refractivity contribution in [2.24, 2.45) is 10.2 Å². The van der Waals surface area contributed by atoms with Gasteiger partial charge in [0.05, 0.1) is 9.40 Å². The van der Waals surface area contributed by atoms with E-state index in [1.807, 2.05) is 13.0 Å². The van der Waals surface area contributed by atoms with E-state index in [1.54, 1.807) is 0 Å². The van der Waals surface area contributed by atoms with Crippen molar-refractivity contribution in [2.45, 2.75) is 26.8 Å². The number of nitro benzene ring substituents is 1. The molecule has 0 radical (unpaired) electrons. The summed E-state index contributed by atoms with van der Waals surface area (Å²) in [6, 6.07) is 5.78. The number of hydrogen-bond acceptors (Lipinski definition) is 7. The summed E-state index contributed by atoms with van der Waals surface area (Å²) in [4.78, 5) is 22.8. The molecule has 2 aromatic rings. The van der Waals surface area contributed by atoms with Crippen LogP contribution in [0.4, 0.5) is 17.1 Å². The Morgan fingerprint density at radius 3 is 2.65 bits per heavy atom. The zero-order valence-electron chi connectivity index (χ0n) is 13.9. The van der Waals surface area contributed by atoms with E-state index in [1.165, 1.54) is 25.1 Å². The lowest BCUT2D eigenvalue weighted by Gasteiger charge is -2.11. The number of non-ortho nitro benzene ring substituents is 1. The Morgan fingerprint density at radius 1 is 1.42 bits per heavy atom. The van der Waals surface area contributed by atoms with Crippen molar-refractivity contribution in [2.75, 3.05) is 0 Å². The molecule has 1 heterocycles. The van der Waals surface area contributed by atoms with Gasteiger partial charge in [-0.15, -0.1) is 10.2 Å². The third-order valence-electron chi connectivity index (χ3n) is 3.62. The summed E-state index contributed by atoms with van der Waals surface area (Å²) in [6.07, 6.45) is 0.575. The molecule has 1 aromatic carbocycles. The van der Waals surface area contributed by atoms with Crippen LogP contribution in [0.15, 0.2) is 37.7 Å². The Balaban J connectivity index is 2.58. The molecule has 0 saturated heterocycles. The van der Waals surface area contributed by atoms with Gasteiger partial charge < -0.3 is 5.11 Å². The summed E-state index contributed by atoms with van der Waals surface area (Å²) in [5.41, 5.74) is -0.309. The first-order chi connectivity index (χ1) is 12.3. The van der Waals surface area contributed by atoms with Crippen molar-refractivity contribution in [3.63, 3.8) is 0 Å². The highest BCUT2D eigenvalue weighted by Crippen LogP contribution is 2.32. The topological polar surface area (TPSA) is 134 Å². The Bertz CT molecular complexity index is 1010. The van der Waals surface area contributed by atoms with Gasteiger partial charge in [0.25, 0.3) is 11.2 Å². The predicted molar refractivity (Wildman–Crippen MR) is 97.1 cm³/mol. The fourth-order valence-electron chi connectivity index (χ4n) is 2.28. The zero-order chi connectivity index (χ0) is 19.4. The SMILES string of the molecule is CCCn1c(O)c(C#N)c(C)c(N=Nc2ccc([N+](=O)[O-])cc2Br)c1=O. The number of nitriles is 1. The molecule has 10 heteroatoms. The van der Waals surface area contributed by atoms with E-state index in [4.69, 9.17) is 0 Å². The van der Waals surface area contributed by atoms with Crippen LogP contribution >= 0.6 is 15.9 Å². The molecule has 0 aliphatic heterocycles. The van der Waals surface area contributed by atoms with Crippen LogP contribution in [-0.2, 0) is 6.54 Å². The lowest BCUT2D eigenvalue weighted by molar-refractivity contribution is -0.384. The van der Waals surface area contributed by atoms with Gasteiger partial charge in [-0.2, -0.15) is 5.26 Å². The molecule has 0 fully saturated rings. The summed E-state index contributed by atoms with van der Waals surface area (Å²) in [6.45, 7) is 3.55. The van der Waals surface area contributed by atoms with Crippen LogP contribution in [-0.4, -0.2) is 14.6 Å². The van der Waals surface area contributed by atoms with E-state index < -0.39 is 16.4 Å². The van der Waals surface area contributed by atoms with E-state index in [0.29, 0.717) is 10.9 Å². The first-order valence-corrected chi connectivity index (χ1v) is 8.33. The maximum Gasteiger partial charge on any atom is 0.281 e. The number of pyridine rings is 1. The normalized spacial score (nSPS) is 10.8. The molecule has 26 heavy (non-hydrogen) atoms. The lowest BCUT2D eigenvalue weighted by atomic mass is 10.1. The number of halogens is 1. The zero-order valence-corrected chi connectivity index (χ0v) is 15.5. The average molecular weight is 420 g/mol. The number of nitrogens with zero attached hydrogens (tertiary/aromatic N) is 5. The summed E-state index contributed by atoms with van der Waals surface area (Å²) in [5, 5.41) is 38.0. The first-order valence-electron chi connectivity index (χ1n) is 7.53. The standard InChI is InChI=1S/C16H14BrN5O4/c1-3-6-21-15(23)11(8-18)9(2)14(16(21)24)20-19-13-5-4-10(22(25)26)7-12(13)17/h4-5,7,23H,3,6H2,1-2H3. The fourth-order valence-corrected chi connectivity index (χ4v) is 2.73. The largest absolute Gasteiger partial charge is 0.493 e. The lowest BCUT2D eigenvalue weighted by Crippen LogP contribution is -2.21. The van der Waals surface area contributed by atoms with Gasteiger partial charge in [0, 0.05) is 24.2 Å².